The molecule has 0 spiro atoms. The number of rotatable bonds is 5. The van der Waals surface area contributed by atoms with Crippen LogP contribution in [0.4, 0.5) is 4.39 Å². The van der Waals surface area contributed by atoms with Crippen LogP contribution in [0.5, 0.6) is 0 Å². The van der Waals surface area contributed by atoms with Crippen LogP contribution < -0.4 is 0 Å². The Morgan fingerprint density at radius 1 is 1.18 bits per heavy atom. The zero-order valence-corrected chi connectivity index (χ0v) is 17.5. The highest BCUT2D eigenvalue weighted by molar-refractivity contribution is 7.71. The van der Waals surface area contributed by atoms with Crippen molar-refractivity contribution < 1.29 is 4.39 Å². The number of hydrogen-bond acceptors (Lipinski definition) is 5. The number of nitrogens with zero attached hydrogens (tertiary/aromatic N) is 5. The lowest BCUT2D eigenvalue weighted by atomic mass is 10.2. The second kappa shape index (κ2) is 7.54. The summed E-state index contributed by atoms with van der Waals surface area (Å²) in [5.41, 5.74) is 1.45. The Bertz CT molecular complexity index is 1160. The topological polar surface area (TPSA) is 38.9 Å². The van der Waals surface area contributed by atoms with Crippen LogP contribution in [0.3, 0.4) is 0 Å². The monoisotopic (exact) mass is 413 g/mol. The molecule has 0 saturated heterocycles. The molecule has 8 heteroatoms. The summed E-state index contributed by atoms with van der Waals surface area (Å²) in [5, 5.41) is 5.62. The van der Waals surface area contributed by atoms with Gasteiger partial charge < -0.3 is 4.57 Å². The number of aromatic nitrogens is 4. The van der Waals surface area contributed by atoms with E-state index in [4.69, 9.17) is 17.2 Å². The molecule has 0 fully saturated rings. The fourth-order valence-electron chi connectivity index (χ4n) is 3.05. The van der Waals surface area contributed by atoms with Crippen LogP contribution >= 0.6 is 23.6 Å². The molecule has 2 aromatic carbocycles. The van der Waals surface area contributed by atoms with Gasteiger partial charge >= 0.3 is 0 Å². The fourth-order valence-corrected chi connectivity index (χ4v) is 4.32. The van der Waals surface area contributed by atoms with Crippen LogP contribution in [0.25, 0.3) is 21.6 Å². The number of halogens is 1. The molecule has 2 aromatic heterocycles. The molecular formula is C20H20FN5S2. The summed E-state index contributed by atoms with van der Waals surface area (Å²) in [6, 6.07) is 14.8. The Balaban J connectivity index is 1.61. The van der Waals surface area contributed by atoms with Crippen LogP contribution in [0.1, 0.15) is 18.0 Å². The third-order valence-corrected chi connectivity index (χ3v) is 6.53. The van der Waals surface area contributed by atoms with E-state index in [1.807, 2.05) is 32.3 Å². The molecule has 0 N–H and O–H groups in total. The first-order valence-electron chi connectivity index (χ1n) is 8.90. The number of benzene rings is 2. The Labute approximate surface area is 171 Å². The fraction of sp³-hybridized carbons (Fsp3) is 0.250. The molecule has 28 heavy (non-hydrogen) atoms. The summed E-state index contributed by atoms with van der Waals surface area (Å²) in [5.74, 6) is 0.207. The SMILES string of the molecule is C[C@H](c1nc2ccccc2s1)N(C)Cn1nc(-c2ccccc2F)n(C)c1=S. The molecular weight excluding hydrogens is 393 g/mol. The molecule has 0 saturated carbocycles. The highest BCUT2D eigenvalue weighted by Crippen LogP contribution is 2.29. The lowest BCUT2D eigenvalue weighted by Gasteiger charge is -2.22. The minimum atomic E-state index is -0.311. The lowest BCUT2D eigenvalue weighted by molar-refractivity contribution is 0.194. The van der Waals surface area contributed by atoms with Crippen molar-refractivity contribution in [1.82, 2.24) is 24.2 Å². The minimum absolute atomic E-state index is 0.0956. The first kappa shape index (κ1) is 18.9. The number of thiazole rings is 1. The first-order valence-corrected chi connectivity index (χ1v) is 10.1. The quantitative estimate of drug-likeness (QED) is 0.431. The lowest BCUT2D eigenvalue weighted by Crippen LogP contribution is -2.26. The van der Waals surface area contributed by atoms with Crippen molar-refractivity contribution >= 4 is 33.8 Å². The molecule has 0 aliphatic heterocycles. The van der Waals surface area contributed by atoms with E-state index >= 15 is 0 Å². The van der Waals surface area contributed by atoms with Crippen molar-refractivity contribution in [3.8, 4) is 11.4 Å². The normalized spacial score (nSPS) is 12.8. The number of hydrogen-bond donors (Lipinski definition) is 0. The number of para-hydroxylation sites is 1. The molecule has 4 aromatic rings. The van der Waals surface area contributed by atoms with Gasteiger partial charge in [-0.05, 0) is 50.5 Å². The predicted molar refractivity (Wildman–Crippen MR) is 113 cm³/mol. The van der Waals surface area contributed by atoms with Crippen molar-refractivity contribution in [2.75, 3.05) is 7.05 Å². The van der Waals surface area contributed by atoms with Gasteiger partial charge in [-0.25, -0.2) is 14.1 Å². The van der Waals surface area contributed by atoms with E-state index in [0.717, 1.165) is 10.5 Å². The zero-order valence-electron chi connectivity index (χ0n) is 15.8. The maximum atomic E-state index is 14.2. The van der Waals surface area contributed by atoms with Gasteiger partial charge in [-0.2, -0.15) is 5.10 Å². The molecule has 0 unspecified atom stereocenters. The summed E-state index contributed by atoms with van der Waals surface area (Å²) in [6.07, 6.45) is 0. The molecule has 5 nitrogen and oxygen atoms in total. The van der Waals surface area contributed by atoms with E-state index in [1.54, 1.807) is 38.8 Å². The average Bonchev–Trinajstić information content (AvgIpc) is 3.24. The molecule has 4 rings (SSSR count). The van der Waals surface area contributed by atoms with E-state index in [-0.39, 0.29) is 11.9 Å². The molecule has 1 atom stereocenters. The summed E-state index contributed by atoms with van der Waals surface area (Å²) in [7, 11) is 3.82. The van der Waals surface area contributed by atoms with Crippen molar-refractivity contribution in [3.05, 3.63) is 64.1 Å². The Morgan fingerprint density at radius 3 is 2.64 bits per heavy atom. The molecule has 0 radical (unpaired) electrons. The third-order valence-electron chi connectivity index (χ3n) is 4.84. The predicted octanol–water partition coefficient (Wildman–Crippen LogP) is 5.02. The highest BCUT2D eigenvalue weighted by Gasteiger charge is 2.19. The zero-order chi connectivity index (χ0) is 19.8. The molecule has 144 valence electrons. The Hall–Kier alpha value is -2.42. The van der Waals surface area contributed by atoms with Crippen LogP contribution in [0, 0.1) is 10.6 Å². The molecule has 0 amide bonds. The van der Waals surface area contributed by atoms with Gasteiger partial charge in [0.25, 0.3) is 0 Å². The minimum Gasteiger partial charge on any atom is -0.303 e. The summed E-state index contributed by atoms with van der Waals surface area (Å²) >= 11 is 7.23. The van der Waals surface area contributed by atoms with Crippen LogP contribution in [-0.4, -0.2) is 31.3 Å². The van der Waals surface area contributed by atoms with Gasteiger partial charge in [0, 0.05) is 7.05 Å². The first-order chi connectivity index (χ1) is 13.5. The largest absolute Gasteiger partial charge is 0.303 e. The van der Waals surface area contributed by atoms with Crippen molar-refractivity contribution in [2.24, 2.45) is 7.05 Å². The maximum Gasteiger partial charge on any atom is 0.199 e. The molecule has 0 aliphatic rings. The average molecular weight is 414 g/mol. The van der Waals surface area contributed by atoms with Gasteiger partial charge in [0.2, 0.25) is 0 Å². The molecule has 0 aliphatic carbocycles. The summed E-state index contributed by atoms with van der Waals surface area (Å²) < 4.78 is 19.4. The van der Waals surface area contributed by atoms with Gasteiger partial charge in [-0.15, -0.1) is 11.3 Å². The Morgan fingerprint density at radius 2 is 1.89 bits per heavy atom. The van der Waals surface area contributed by atoms with E-state index < -0.39 is 0 Å². The third kappa shape index (κ3) is 3.39. The van der Waals surface area contributed by atoms with Gasteiger partial charge in [0.1, 0.15) is 10.8 Å². The van der Waals surface area contributed by atoms with Crippen LogP contribution in [0.15, 0.2) is 48.5 Å². The second-order valence-electron chi connectivity index (χ2n) is 6.74. The Kier molecular flexibility index (Phi) is 5.09. The molecule has 0 bridgehead atoms. The standard InChI is InChI=1S/C20H20FN5S2/c1-13(19-22-16-10-6-7-11-17(16)28-19)24(2)12-26-20(27)25(3)18(23-26)14-8-4-5-9-15(14)21/h4-11,13H,12H2,1-3H3/t13-/m1/s1. The van der Waals surface area contributed by atoms with Crippen LogP contribution in [-0.2, 0) is 13.7 Å². The summed E-state index contributed by atoms with van der Waals surface area (Å²) in [4.78, 5) is 6.88. The van der Waals surface area contributed by atoms with E-state index in [1.165, 1.54) is 10.8 Å². The van der Waals surface area contributed by atoms with Gasteiger partial charge in [-0.3, -0.25) is 4.90 Å². The highest BCUT2D eigenvalue weighted by atomic mass is 32.1. The van der Waals surface area contributed by atoms with Crippen LogP contribution in [0.2, 0.25) is 0 Å². The van der Waals surface area contributed by atoms with E-state index in [9.17, 15) is 4.39 Å². The van der Waals surface area contributed by atoms with E-state index in [0.29, 0.717) is 22.8 Å². The summed E-state index contributed by atoms with van der Waals surface area (Å²) in [6.45, 7) is 2.60. The van der Waals surface area contributed by atoms with Crippen molar-refractivity contribution in [2.45, 2.75) is 19.6 Å². The second-order valence-corrected chi connectivity index (χ2v) is 8.17. The molecule has 2 heterocycles. The van der Waals surface area contributed by atoms with Crippen molar-refractivity contribution in [3.63, 3.8) is 0 Å². The van der Waals surface area contributed by atoms with E-state index in [2.05, 4.69) is 23.0 Å². The maximum absolute atomic E-state index is 14.2. The van der Waals surface area contributed by atoms with Gasteiger partial charge in [0.05, 0.1) is 28.5 Å². The number of fused-ring (bicyclic) bond motifs is 1. The van der Waals surface area contributed by atoms with Crippen molar-refractivity contribution in [1.29, 1.82) is 0 Å². The van der Waals surface area contributed by atoms with Gasteiger partial charge in [-0.1, -0.05) is 24.3 Å². The smallest absolute Gasteiger partial charge is 0.199 e. The van der Waals surface area contributed by atoms with Gasteiger partial charge in [0.15, 0.2) is 10.6 Å².